The summed E-state index contributed by atoms with van der Waals surface area (Å²) in [6.07, 6.45) is 9.82. The highest BCUT2D eigenvalue weighted by molar-refractivity contribution is 7.15. The summed E-state index contributed by atoms with van der Waals surface area (Å²) in [5, 5.41) is 4.94. The van der Waals surface area contributed by atoms with Gasteiger partial charge in [-0.25, -0.2) is 9.97 Å². The number of benzene rings is 4. The first-order chi connectivity index (χ1) is 36.3. The van der Waals surface area contributed by atoms with Crippen LogP contribution in [-0.2, 0) is 28.7 Å². The molecule has 4 aliphatic rings. The van der Waals surface area contributed by atoms with Crippen molar-refractivity contribution >= 4 is 46.2 Å². The van der Waals surface area contributed by atoms with Crippen LogP contribution >= 0.6 is 22.7 Å². The van der Waals surface area contributed by atoms with Gasteiger partial charge in [-0.2, -0.15) is 0 Å². The minimum atomic E-state index is -0.766. The van der Waals surface area contributed by atoms with Crippen LogP contribution < -0.4 is 5.32 Å². The number of morpholine rings is 2. The molecule has 13 nitrogen and oxygen atoms in total. The highest BCUT2D eigenvalue weighted by Gasteiger charge is 2.39. The average molecular weight is 1030 g/mol. The fraction of sp³-hybridized carbons (Fsp3) is 0.424. The summed E-state index contributed by atoms with van der Waals surface area (Å²) in [5.74, 6) is -0.590. The Bertz CT molecular complexity index is 2600. The molecule has 4 aliphatic heterocycles. The second-order valence-electron chi connectivity index (χ2n) is 19.9. The van der Waals surface area contributed by atoms with E-state index in [-0.39, 0.29) is 42.0 Å². The Morgan fingerprint density at radius 2 is 1.01 bits per heavy atom. The predicted octanol–water partition coefficient (Wildman–Crippen LogP) is 9.75. The average Bonchev–Trinajstić information content (AvgIpc) is 4.31. The van der Waals surface area contributed by atoms with Crippen molar-refractivity contribution in [2.24, 2.45) is 0 Å². The zero-order valence-electron chi connectivity index (χ0n) is 42.2. The Morgan fingerprint density at radius 3 is 1.53 bits per heavy atom. The molecule has 0 radical (unpaired) electrons. The Kier molecular flexibility index (Phi) is 17.5. The molecule has 1 N–H and O–H groups in total. The van der Waals surface area contributed by atoms with Gasteiger partial charge in [0, 0.05) is 70.9 Å². The number of amides is 3. The Morgan fingerprint density at radius 1 is 0.554 bits per heavy atom. The lowest BCUT2D eigenvalue weighted by Crippen LogP contribution is -2.43. The summed E-state index contributed by atoms with van der Waals surface area (Å²) in [6.45, 7) is 9.47. The van der Waals surface area contributed by atoms with Crippen LogP contribution in [0.1, 0.15) is 103 Å². The highest BCUT2D eigenvalue weighted by atomic mass is 32.1. The van der Waals surface area contributed by atoms with Gasteiger partial charge in [-0.1, -0.05) is 109 Å². The summed E-state index contributed by atoms with van der Waals surface area (Å²) >= 11 is 3.26. The standard InChI is InChI=1S/C59H67N7O6S2/c67-48(15-7-27-63-31-35-71-36-32-63)39-49(44-11-3-1-4-12-44)58(69)65-29-8-16-50(65)56-60-40-52(73-56)45-23-19-42(20-24-45)43-21-25-46(26-22-43)53-41-61-57(74-53)51-17-9-30-66(51)59(70)55(47-13-5-2-6-14-47)62-54(68)18-10-28-64-33-37-72-38-34-64/h1-6,11-14,19-26,40-41,49-51,55H,7-10,15-18,27-39H2,(H,62,68)/t49-,50+,51+,55-/m1/s1. The van der Waals surface area contributed by atoms with Gasteiger partial charge in [0.25, 0.3) is 0 Å². The van der Waals surface area contributed by atoms with E-state index in [1.165, 1.54) is 0 Å². The molecule has 0 unspecified atom stereocenters. The fourth-order valence-electron chi connectivity index (χ4n) is 10.9. The molecule has 10 rings (SSSR count). The SMILES string of the molecule is O=C(CCCN1CCOCC1)C[C@@H](C(=O)N1CCC[C@H]1c1ncc(-c2ccc(-c3ccc(-c4cnc([C@@H]5CCCN5C(=O)[C@H](NC(=O)CCCN5CCOCC5)c5ccccc5)s4)cc3)cc2)s1)c1ccccc1. The quantitative estimate of drug-likeness (QED) is 0.0787. The minimum absolute atomic E-state index is 0.0113. The number of rotatable bonds is 20. The number of ether oxygens (including phenoxy) is 2. The molecule has 0 spiro atoms. The van der Waals surface area contributed by atoms with Crippen molar-refractivity contribution < 1.29 is 28.7 Å². The molecule has 4 fully saturated rings. The Hall–Kier alpha value is -5.94. The van der Waals surface area contributed by atoms with Gasteiger partial charge in [0.15, 0.2) is 0 Å². The number of ketones is 1. The molecule has 2 aromatic heterocycles. The Balaban J connectivity index is 0.755. The van der Waals surface area contributed by atoms with Gasteiger partial charge >= 0.3 is 0 Å². The lowest BCUT2D eigenvalue weighted by molar-refractivity contribution is -0.137. The summed E-state index contributed by atoms with van der Waals surface area (Å²) in [7, 11) is 0. The van der Waals surface area contributed by atoms with Gasteiger partial charge in [0.1, 0.15) is 21.8 Å². The number of aromatic nitrogens is 2. The van der Waals surface area contributed by atoms with Crippen molar-refractivity contribution in [1.29, 1.82) is 0 Å². The molecular weight excluding hydrogens is 967 g/mol. The van der Waals surface area contributed by atoms with Crippen molar-refractivity contribution in [2.45, 2.75) is 81.8 Å². The first-order valence-corrected chi connectivity index (χ1v) is 28.2. The summed E-state index contributed by atoms with van der Waals surface area (Å²) < 4.78 is 10.9. The highest BCUT2D eigenvalue weighted by Crippen LogP contribution is 2.41. The molecule has 15 heteroatoms. The number of carbonyl (C=O) groups is 4. The third-order valence-corrected chi connectivity index (χ3v) is 17.3. The van der Waals surface area contributed by atoms with Crippen LogP contribution in [-0.4, -0.2) is 132 Å². The van der Waals surface area contributed by atoms with E-state index in [0.717, 1.165) is 157 Å². The molecule has 6 aromatic rings. The smallest absolute Gasteiger partial charge is 0.250 e. The van der Waals surface area contributed by atoms with E-state index in [1.54, 1.807) is 22.7 Å². The third-order valence-electron chi connectivity index (χ3n) is 15.0. The van der Waals surface area contributed by atoms with E-state index < -0.39 is 12.0 Å². The van der Waals surface area contributed by atoms with Gasteiger partial charge in [-0.15, -0.1) is 22.7 Å². The van der Waals surface area contributed by atoms with E-state index in [2.05, 4.69) is 63.6 Å². The zero-order valence-corrected chi connectivity index (χ0v) is 43.8. The lowest BCUT2D eigenvalue weighted by Gasteiger charge is -2.29. The first-order valence-electron chi connectivity index (χ1n) is 26.6. The molecule has 4 aromatic carbocycles. The topological polar surface area (TPSA) is 138 Å². The Labute approximate surface area is 442 Å². The van der Waals surface area contributed by atoms with Crippen LogP contribution in [0.2, 0.25) is 0 Å². The van der Waals surface area contributed by atoms with Crippen molar-refractivity contribution in [3.05, 3.63) is 143 Å². The molecule has 3 amide bonds. The number of thiazole rings is 2. The largest absolute Gasteiger partial charge is 0.379 e. The fourth-order valence-corrected chi connectivity index (χ4v) is 13.0. The van der Waals surface area contributed by atoms with Crippen molar-refractivity contribution in [2.75, 3.05) is 78.8 Å². The van der Waals surface area contributed by atoms with Crippen LogP contribution in [0.15, 0.2) is 122 Å². The van der Waals surface area contributed by atoms with Gasteiger partial charge in [0.2, 0.25) is 17.7 Å². The molecule has 4 atom stereocenters. The first kappa shape index (κ1) is 51.5. The third kappa shape index (κ3) is 12.8. The second kappa shape index (κ2) is 25.1. The van der Waals surface area contributed by atoms with Crippen LogP contribution in [0.4, 0.5) is 0 Å². The maximum Gasteiger partial charge on any atom is 0.250 e. The number of likely N-dealkylation sites (tertiary alicyclic amines) is 2. The number of hydrogen-bond donors (Lipinski definition) is 1. The molecule has 0 aliphatic carbocycles. The molecule has 6 heterocycles. The van der Waals surface area contributed by atoms with Crippen molar-refractivity contribution in [3.63, 3.8) is 0 Å². The maximum atomic E-state index is 14.5. The van der Waals surface area contributed by atoms with Gasteiger partial charge in [-0.05, 0) is 85.0 Å². The van der Waals surface area contributed by atoms with Gasteiger partial charge < -0.3 is 24.6 Å². The number of hydrogen-bond acceptors (Lipinski definition) is 12. The summed E-state index contributed by atoms with van der Waals surface area (Å²) in [5.41, 5.74) is 6.01. The van der Waals surface area contributed by atoms with Crippen molar-refractivity contribution in [1.82, 2.24) is 34.9 Å². The molecule has 4 saturated heterocycles. The van der Waals surface area contributed by atoms with Crippen LogP contribution in [0.3, 0.4) is 0 Å². The number of carbonyl (C=O) groups excluding carboxylic acids is 4. The maximum absolute atomic E-state index is 14.5. The van der Waals surface area contributed by atoms with Crippen LogP contribution in [0.5, 0.6) is 0 Å². The van der Waals surface area contributed by atoms with Crippen LogP contribution in [0.25, 0.3) is 32.0 Å². The predicted molar refractivity (Wildman–Crippen MR) is 291 cm³/mol. The molecule has 386 valence electrons. The monoisotopic (exact) mass is 1030 g/mol. The molecular formula is C59H67N7O6S2. The van der Waals surface area contributed by atoms with E-state index >= 15 is 0 Å². The number of nitrogens with one attached hydrogen (secondary N) is 1. The van der Waals surface area contributed by atoms with Gasteiger partial charge in [0.05, 0.1) is 54.2 Å². The van der Waals surface area contributed by atoms with E-state index in [9.17, 15) is 19.2 Å². The normalized spacial score (nSPS) is 19.4. The summed E-state index contributed by atoms with van der Waals surface area (Å²) in [6, 6.07) is 35.4. The van der Waals surface area contributed by atoms with Crippen LogP contribution in [0, 0.1) is 0 Å². The summed E-state index contributed by atoms with van der Waals surface area (Å²) in [4.78, 5) is 76.0. The minimum Gasteiger partial charge on any atom is -0.379 e. The molecule has 0 bridgehead atoms. The van der Waals surface area contributed by atoms with E-state index in [0.29, 0.717) is 25.9 Å². The second-order valence-corrected chi connectivity index (χ2v) is 22.0. The van der Waals surface area contributed by atoms with E-state index in [4.69, 9.17) is 19.4 Å². The van der Waals surface area contributed by atoms with E-state index in [1.807, 2.05) is 82.9 Å². The zero-order chi connectivity index (χ0) is 50.6. The van der Waals surface area contributed by atoms with Crippen molar-refractivity contribution in [3.8, 4) is 32.0 Å². The molecule has 0 saturated carbocycles. The molecule has 74 heavy (non-hydrogen) atoms. The lowest BCUT2D eigenvalue weighted by atomic mass is 9.91. The van der Waals surface area contributed by atoms with Gasteiger partial charge in [-0.3, -0.25) is 29.0 Å². The number of Topliss-reactive ketones (excluding diaryl/α,β-unsaturated/α-hetero) is 1. The number of nitrogens with zero attached hydrogens (tertiary/aromatic N) is 6.